The van der Waals surface area contributed by atoms with Gasteiger partial charge in [0.2, 0.25) is 5.91 Å². The molecule has 1 aromatic carbocycles. The Bertz CT molecular complexity index is 749. The van der Waals surface area contributed by atoms with E-state index in [1.54, 1.807) is 6.07 Å². The van der Waals surface area contributed by atoms with Crippen LogP contribution in [-0.4, -0.2) is 17.0 Å². The highest BCUT2D eigenvalue weighted by molar-refractivity contribution is 7.18. The van der Waals surface area contributed by atoms with Crippen LogP contribution in [0.3, 0.4) is 0 Å². The molecule has 1 aliphatic carbocycles. The van der Waals surface area contributed by atoms with E-state index in [2.05, 4.69) is 11.4 Å². The molecule has 1 heterocycles. The molecule has 0 aliphatic heterocycles. The van der Waals surface area contributed by atoms with Crippen LogP contribution in [0, 0.1) is 5.92 Å². The number of carbonyl (C=O) groups is 2. The van der Waals surface area contributed by atoms with Crippen LogP contribution < -0.4 is 5.32 Å². The van der Waals surface area contributed by atoms with Crippen LogP contribution in [-0.2, 0) is 4.79 Å². The molecule has 1 aromatic heterocycles. The van der Waals surface area contributed by atoms with Gasteiger partial charge in [-0.25, -0.2) is 4.79 Å². The average molecular weight is 327 g/mol. The minimum Gasteiger partial charge on any atom is -0.477 e. The van der Waals surface area contributed by atoms with E-state index in [0.717, 1.165) is 23.3 Å². The van der Waals surface area contributed by atoms with Gasteiger partial charge in [0.05, 0.1) is 5.69 Å². The van der Waals surface area contributed by atoms with Gasteiger partial charge in [-0.05, 0) is 30.9 Å². The summed E-state index contributed by atoms with van der Waals surface area (Å²) in [6.07, 6.45) is 6.49. The van der Waals surface area contributed by atoms with Crippen molar-refractivity contribution in [2.24, 2.45) is 5.92 Å². The second-order valence-corrected chi connectivity index (χ2v) is 6.55. The van der Waals surface area contributed by atoms with E-state index >= 15 is 0 Å². The van der Waals surface area contributed by atoms with E-state index in [1.807, 2.05) is 36.4 Å². The molecular formula is C18H17NO3S. The molecule has 3 rings (SSSR count). The molecule has 5 heteroatoms. The van der Waals surface area contributed by atoms with Gasteiger partial charge in [-0.2, -0.15) is 0 Å². The standard InChI is InChI=1S/C18H17NO3S/c20-17(13-9-5-2-6-10-13)19-14-11-15(23-16(14)18(21)22)12-7-3-1-4-8-12/h1-5,7-8,11,13H,6,9-10H2,(H,19,20)(H,21,22)/t13-/m1/s1. The lowest BCUT2D eigenvalue weighted by Crippen LogP contribution is -2.24. The van der Waals surface area contributed by atoms with Gasteiger partial charge in [-0.15, -0.1) is 11.3 Å². The van der Waals surface area contributed by atoms with Crippen molar-refractivity contribution in [2.45, 2.75) is 19.3 Å². The Hall–Kier alpha value is -2.40. The lowest BCUT2D eigenvalue weighted by molar-refractivity contribution is -0.120. The number of nitrogens with one attached hydrogen (secondary N) is 1. The van der Waals surface area contributed by atoms with Crippen molar-refractivity contribution in [3.05, 3.63) is 53.4 Å². The minimum atomic E-state index is -1.02. The fourth-order valence-electron chi connectivity index (χ4n) is 2.65. The smallest absolute Gasteiger partial charge is 0.348 e. The first-order chi connectivity index (χ1) is 11.1. The molecule has 0 radical (unpaired) electrons. The maximum absolute atomic E-state index is 12.4. The van der Waals surface area contributed by atoms with Crippen molar-refractivity contribution in [3.8, 4) is 10.4 Å². The van der Waals surface area contributed by atoms with Crippen molar-refractivity contribution in [2.75, 3.05) is 5.32 Å². The number of anilines is 1. The van der Waals surface area contributed by atoms with E-state index in [0.29, 0.717) is 12.1 Å². The number of carboxylic acid groups (broad SMARTS) is 1. The number of hydrogen-bond donors (Lipinski definition) is 2. The Balaban J connectivity index is 1.86. The fraction of sp³-hybridized carbons (Fsp3) is 0.222. The van der Waals surface area contributed by atoms with Gasteiger partial charge in [-0.1, -0.05) is 42.5 Å². The van der Waals surface area contributed by atoms with Crippen molar-refractivity contribution in [1.29, 1.82) is 0 Å². The van der Waals surface area contributed by atoms with Crippen molar-refractivity contribution in [1.82, 2.24) is 0 Å². The van der Waals surface area contributed by atoms with Crippen molar-refractivity contribution in [3.63, 3.8) is 0 Å². The lowest BCUT2D eigenvalue weighted by atomic mass is 9.93. The number of rotatable bonds is 4. The van der Waals surface area contributed by atoms with Crippen LogP contribution in [0.15, 0.2) is 48.6 Å². The number of allylic oxidation sites excluding steroid dienone is 2. The van der Waals surface area contributed by atoms with Crippen molar-refractivity contribution >= 4 is 28.9 Å². The quantitative estimate of drug-likeness (QED) is 0.818. The van der Waals surface area contributed by atoms with Crippen LogP contribution in [0.1, 0.15) is 28.9 Å². The minimum absolute atomic E-state index is 0.0817. The second-order valence-electron chi connectivity index (χ2n) is 5.50. The van der Waals surface area contributed by atoms with Gasteiger partial charge in [0.15, 0.2) is 0 Å². The first-order valence-corrected chi connectivity index (χ1v) is 8.35. The summed E-state index contributed by atoms with van der Waals surface area (Å²) in [6, 6.07) is 11.3. The summed E-state index contributed by atoms with van der Waals surface area (Å²) < 4.78 is 0. The Morgan fingerprint density at radius 1 is 1.17 bits per heavy atom. The zero-order chi connectivity index (χ0) is 16.2. The molecule has 0 bridgehead atoms. The zero-order valence-electron chi connectivity index (χ0n) is 12.5. The molecule has 0 saturated heterocycles. The maximum Gasteiger partial charge on any atom is 0.348 e. The Morgan fingerprint density at radius 3 is 2.61 bits per heavy atom. The molecular weight excluding hydrogens is 310 g/mol. The van der Waals surface area contributed by atoms with Crippen LogP contribution in [0.4, 0.5) is 5.69 Å². The molecule has 0 fully saturated rings. The molecule has 1 amide bonds. The summed E-state index contributed by atoms with van der Waals surface area (Å²) in [5, 5.41) is 12.2. The zero-order valence-corrected chi connectivity index (χ0v) is 13.3. The van der Waals surface area contributed by atoms with Crippen molar-refractivity contribution < 1.29 is 14.7 Å². The van der Waals surface area contributed by atoms with E-state index in [1.165, 1.54) is 11.3 Å². The fourth-order valence-corrected chi connectivity index (χ4v) is 3.61. The second kappa shape index (κ2) is 6.79. The highest BCUT2D eigenvalue weighted by Crippen LogP contribution is 2.35. The highest BCUT2D eigenvalue weighted by atomic mass is 32.1. The molecule has 2 aromatic rings. The summed E-state index contributed by atoms with van der Waals surface area (Å²) in [5.74, 6) is -1.20. The predicted octanol–water partition coefficient (Wildman–Crippen LogP) is 4.41. The summed E-state index contributed by atoms with van der Waals surface area (Å²) >= 11 is 1.18. The number of aromatic carboxylic acids is 1. The highest BCUT2D eigenvalue weighted by Gasteiger charge is 2.23. The monoisotopic (exact) mass is 327 g/mol. The van der Waals surface area contributed by atoms with Gasteiger partial charge >= 0.3 is 5.97 Å². The summed E-state index contributed by atoms with van der Waals surface area (Å²) in [7, 11) is 0. The Labute approximate surface area is 138 Å². The first-order valence-electron chi connectivity index (χ1n) is 7.53. The molecule has 0 saturated carbocycles. The predicted molar refractivity (Wildman–Crippen MR) is 91.8 cm³/mol. The van der Waals surface area contributed by atoms with Gasteiger partial charge in [-0.3, -0.25) is 4.79 Å². The number of thiophene rings is 1. The van der Waals surface area contributed by atoms with E-state index in [9.17, 15) is 14.7 Å². The summed E-state index contributed by atoms with van der Waals surface area (Å²) in [5.41, 5.74) is 1.34. The van der Waals surface area contributed by atoms with E-state index < -0.39 is 5.97 Å². The van der Waals surface area contributed by atoms with Crippen LogP contribution >= 0.6 is 11.3 Å². The van der Waals surface area contributed by atoms with Crippen LogP contribution in [0.5, 0.6) is 0 Å². The topological polar surface area (TPSA) is 66.4 Å². The molecule has 118 valence electrons. The third kappa shape index (κ3) is 3.51. The average Bonchev–Trinajstić information content (AvgIpc) is 3.00. The molecule has 1 aliphatic rings. The van der Waals surface area contributed by atoms with Gasteiger partial charge < -0.3 is 10.4 Å². The molecule has 4 nitrogen and oxygen atoms in total. The third-order valence-electron chi connectivity index (χ3n) is 3.88. The maximum atomic E-state index is 12.4. The largest absolute Gasteiger partial charge is 0.477 e. The molecule has 0 spiro atoms. The first kappa shape index (κ1) is 15.5. The Morgan fingerprint density at radius 2 is 1.96 bits per heavy atom. The summed E-state index contributed by atoms with van der Waals surface area (Å²) in [4.78, 5) is 24.8. The third-order valence-corrected chi connectivity index (χ3v) is 5.05. The molecule has 0 unspecified atom stereocenters. The number of hydrogen-bond acceptors (Lipinski definition) is 3. The van der Waals surface area contributed by atoms with Gasteiger partial charge in [0, 0.05) is 10.8 Å². The number of benzene rings is 1. The number of carboxylic acids is 1. The molecule has 2 N–H and O–H groups in total. The lowest BCUT2D eigenvalue weighted by Gasteiger charge is -2.16. The molecule has 1 atom stereocenters. The summed E-state index contributed by atoms with van der Waals surface area (Å²) in [6.45, 7) is 0. The van der Waals surface area contributed by atoms with Crippen LogP contribution in [0.25, 0.3) is 10.4 Å². The van der Waals surface area contributed by atoms with E-state index in [4.69, 9.17) is 0 Å². The van der Waals surface area contributed by atoms with E-state index in [-0.39, 0.29) is 16.7 Å². The van der Waals surface area contributed by atoms with Gasteiger partial charge in [0.25, 0.3) is 0 Å². The van der Waals surface area contributed by atoms with Gasteiger partial charge in [0.1, 0.15) is 4.88 Å². The number of carbonyl (C=O) groups excluding carboxylic acids is 1. The number of amides is 1. The molecule has 23 heavy (non-hydrogen) atoms. The normalized spacial score (nSPS) is 17.0. The Kier molecular flexibility index (Phi) is 4.57. The SMILES string of the molecule is O=C(O)c1sc(-c2ccccc2)cc1NC(=O)[C@@H]1CC=CCC1. The van der Waals surface area contributed by atoms with Crippen LogP contribution in [0.2, 0.25) is 0 Å².